The summed E-state index contributed by atoms with van der Waals surface area (Å²) in [5.74, 6) is 0.576. The first-order chi connectivity index (χ1) is 7.88. The number of nitrogens with one attached hydrogen (secondary N) is 1. The van der Waals surface area contributed by atoms with E-state index >= 15 is 0 Å². The average Bonchev–Trinajstić information content (AvgIpc) is 2.38. The minimum absolute atomic E-state index is 0.449. The molecule has 2 rings (SSSR count). The summed E-state index contributed by atoms with van der Waals surface area (Å²) in [6.45, 7) is 2.63. The van der Waals surface area contributed by atoms with E-state index in [-0.39, 0.29) is 0 Å². The van der Waals surface area contributed by atoms with E-state index < -0.39 is 0 Å². The van der Waals surface area contributed by atoms with Gasteiger partial charge in [-0.05, 0) is 30.9 Å². The van der Waals surface area contributed by atoms with Crippen LogP contribution >= 0.6 is 0 Å². The Hall–Kier alpha value is -1.60. The fourth-order valence-corrected chi connectivity index (χ4v) is 1.83. The number of hydrogen-bond donors (Lipinski definition) is 1. The third-order valence-corrected chi connectivity index (χ3v) is 2.72. The molecule has 1 N–H and O–H groups in total. The van der Waals surface area contributed by atoms with Crippen LogP contribution in [0, 0.1) is 17.2 Å². The lowest BCUT2D eigenvalue weighted by molar-refractivity contribution is 0.0595. The standard InChI is InChI=1S/C12H15N3O/c13-7-12-6-11(3-4-14-12)15-8-10-2-1-5-16-9-10/h3-4,6,10H,1-2,5,8-9H2,(H,14,15). The molecule has 4 nitrogen and oxygen atoms in total. The molecule has 0 bridgehead atoms. The van der Waals surface area contributed by atoms with E-state index in [1.54, 1.807) is 12.3 Å². The summed E-state index contributed by atoms with van der Waals surface area (Å²) in [5, 5.41) is 12.0. The first-order valence-corrected chi connectivity index (χ1v) is 5.56. The molecule has 4 heteroatoms. The fourth-order valence-electron chi connectivity index (χ4n) is 1.83. The van der Waals surface area contributed by atoms with Crippen molar-refractivity contribution in [1.82, 2.24) is 4.98 Å². The van der Waals surface area contributed by atoms with Crippen molar-refractivity contribution in [2.45, 2.75) is 12.8 Å². The molecule has 1 aliphatic heterocycles. The second kappa shape index (κ2) is 5.47. The van der Waals surface area contributed by atoms with Crippen molar-refractivity contribution in [3.8, 4) is 6.07 Å². The van der Waals surface area contributed by atoms with E-state index in [1.807, 2.05) is 12.1 Å². The highest BCUT2D eigenvalue weighted by atomic mass is 16.5. The molecule has 0 spiro atoms. The van der Waals surface area contributed by atoms with E-state index in [0.29, 0.717) is 11.6 Å². The zero-order valence-electron chi connectivity index (χ0n) is 9.15. The smallest absolute Gasteiger partial charge is 0.142 e. The molecule has 0 aliphatic carbocycles. The molecule has 0 radical (unpaired) electrons. The number of anilines is 1. The zero-order chi connectivity index (χ0) is 11.2. The normalized spacial score (nSPS) is 20.1. The van der Waals surface area contributed by atoms with Gasteiger partial charge >= 0.3 is 0 Å². The van der Waals surface area contributed by atoms with Crippen molar-refractivity contribution >= 4 is 5.69 Å². The molecule has 0 saturated carbocycles. The average molecular weight is 217 g/mol. The summed E-state index contributed by atoms with van der Waals surface area (Å²) in [5.41, 5.74) is 1.40. The van der Waals surface area contributed by atoms with Gasteiger partial charge in [-0.2, -0.15) is 5.26 Å². The number of pyridine rings is 1. The van der Waals surface area contributed by atoms with E-state index in [9.17, 15) is 0 Å². The van der Waals surface area contributed by atoms with E-state index in [1.165, 1.54) is 6.42 Å². The van der Waals surface area contributed by atoms with Crippen molar-refractivity contribution in [2.24, 2.45) is 5.92 Å². The molecular weight excluding hydrogens is 202 g/mol. The minimum atomic E-state index is 0.449. The van der Waals surface area contributed by atoms with E-state index in [0.717, 1.165) is 31.9 Å². The fraction of sp³-hybridized carbons (Fsp3) is 0.500. The van der Waals surface area contributed by atoms with Gasteiger partial charge in [-0.1, -0.05) is 0 Å². The molecule has 0 amide bonds. The van der Waals surface area contributed by atoms with Crippen LogP contribution in [0.5, 0.6) is 0 Å². The summed E-state index contributed by atoms with van der Waals surface area (Å²) in [4.78, 5) is 3.93. The van der Waals surface area contributed by atoms with Crippen LogP contribution in [-0.4, -0.2) is 24.7 Å². The van der Waals surface area contributed by atoms with Crippen molar-refractivity contribution < 1.29 is 4.74 Å². The number of nitriles is 1. The lowest BCUT2D eigenvalue weighted by Crippen LogP contribution is -2.24. The Kier molecular flexibility index (Phi) is 3.73. The molecular formula is C12H15N3O. The third kappa shape index (κ3) is 2.94. The van der Waals surface area contributed by atoms with Crippen molar-refractivity contribution in [1.29, 1.82) is 5.26 Å². The van der Waals surface area contributed by atoms with Crippen LogP contribution in [-0.2, 0) is 4.74 Å². The first-order valence-electron chi connectivity index (χ1n) is 5.56. The lowest BCUT2D eigenvalue weighted by Gasteiger charge is -2.22. The Balaban J connectivity index is 1.86. The summed E-state index contributed by atoms with van der Waals surface area (Å²) in [6.07, 6.45) is 4.01. The van der Waals surface area contributed by atoms with Crippen LogP contribution in [0.4, 0.5) is 5.69 Å². The molecule has 1 aromatic heterocycles. The second-order valence-corrected chi connectivity index (χ2v) is 4.01. The van der Waals surface area contributed by atoms with Crippen molar-refractivity contribution in [3.05, 3.63) is 24.0 Å². The van der Waals surface area contributed by atoms with Gasteiger partial charge in [-0.25, -0.2) is 4.98 Å². The quantitative estimate of drug-likeness (QED) is 0.838. The van der Waals surface area contributed by atoms with Gasteiger partial charge in [0.15, 0.2) is 0 Å². The van der Waals surface area contributed by atoms with Gasteiger partial charge in [-0.3, -0.25) is 0 Å². The molecule has 1 aliphatic rings. The Morgan fingerprint density at radius 1 is 1.62 bits per heavy atom. The molecule has 2 heterocycles. The van der Waals surface area contributed by atoms with Crippen LogP contribution in [0.25, 0.3) is 0 Å². The first kappa shape index (κ1) is 10.9. The summed E-state index contributed by atoms with van der Waals surface area (Å²) < 4.78 is 5.41. The lowest BCUT2D eigenvalue weighted by atomic mass is 10.0. The van der Waals surface area contributed by atoms with Gasteiger partial charge in [0.05, 0.1) is 6.61 Å². The van der Waals surface area contributed by atoms with Gasteiger partial charge in [0.1, 0.15) is 11.8 Å². The molecule has 1 atom stereocenters. The highest BCUT2D eigenvalue weighted by Crippen LogP contribution is 2.15. The van der Waals surface area contributed by atoms with Crippen molar-refractivity contribution in [2.75, 3.05) is 25.1 Å². The number of ether oxygens (including phenoxy) is 1. The molecule has 0 aromatic carbocycles. The minimum Gasteiger partial charge on any atom is -0.385 e. The molecule has 1 aromatic rings. The van der Waals surface area contributed by atoms with Crippen LogP contribution in [0.2, 0.25) is 0 Å². The summed E-state index contributed by atoms with van der Waals surface area (Å²) in [6, 6.07) is 5.68. The third-order valence-electron chi connectivity index (χ3n) is 2.72. The largest absolute Gasteiger partial charge is 0.385 e. The molecule has 16 heavy (non-hydrogen) atoms. The van der Waals surface area contributed by atoms with Crippen LogP contribution in [0.1, 0.15) is 18.5 Å². The second-order valence-electron chi connectivity index (χ2n) is 4.01. The Morgan fingerprint density at radius 2 is 2.56 bits per heavy atom. The van der Waals surface area contributed by atoms with E-state index in [2.05, 4.69) is 10.3 Å². The number of rotatable bonds is 3. The van der Waals surface area contributed by atoms with Crippen molar-refractivity contribution in [3.63, 3.8) is 0 Å². The highest BCUT2D eigenvalue weighted by molar-refractivity contribution is 5.45. The molecule has 84 valence electrons. The predicted octanol–water partition coefficient (Wildman–Crippen LogP) is 1.79. The zero-order valence-corrected chi connectivity index (χ0v) is 9.15. The maximum Gasteiger partial charge on any atom is 0.142 e. The SMILES string of the molecule is N#Cc1cc(NCC2CCCOC2)ccn1. The topological polar surface area (TPSA) is 57.9 Å². The molecule has 1 unspecified atom stereocenters. The Labute approximate surface area is 95.3 Å². The monoisotopic (exact) mass is 217 g/mol. The molecule has 1 fully saturated rings. The molecule has 1 saturated heterocycles. The maximum absolute atomic E-state index is 8.72. The highest BCUT2D eigenvalue weighted by Gasteiger charge is 2.13. The van der Waals surface area contributed by atoms with Gasteiger partial charge in [0.25, 0.3) is 0 Å². The van der Waals surface area contributed by atoms with Gasteiger partial charge < -0.3 is 10.1 Å². The van der Waals surface area contributed by atoms with Crippen LogP contribution in [0.3, 0.4) is 0 Å². The number of hydrogen-bond acceptors (Lipinski definition) is 4. The summed E-state index contributed by atoms with van der Waals surface area (Å²) in [7, 11) is 0. The van der Waals surface area contributed by atoms with Gasteiger partial charge in [-0.15, -0.1) is 0 Å². The van der Waals surface area contributed by atoms with E-state index in [4.69, 9.17) is 10.00 Å². The Morgan fingerprint density at radius 3 is 3.31 bits per heavy atom. The predicted molar refractivity (Wildman–Crippen MR) is 61.0 cm³/mol. The van der Waals surface area contributed by atoms with Crippen LogP contribution in [0.15, 0.2) is 18.3 Å². The van der Waals surface area contributed by atoms with Gasteiger partial charge in [0, 0.05) is 25.0 Å². The van der Waals surface area contributed by atoms with Gasteiger partial charge in [0.2, 0.25) is 0 Å². The summed E-state index contributed by atoms with van der Waals surface area (Å²) >= 11 is 0. The number of aromatic nitrogens is 1. The number of nitrogens with zero attached hydrogens (tertiary/aromatic N) is 2. The maximum atomic E-state index is 8.72. The van der Waals surface area contributed by atoms with Crippen LogP contribution < -0.4 is 5.32 Å². The Bertz CT molecular complexity index is 380.